The van der Waals surface area contributed by atoms with Crippen molar-refractivity contribution in [2.75, 3.05) is 6.54 Å². The molecule has 0 spiro atoms. The number of pyridine rings is 1. The summed E-state index contributed by atoms with van der Waals surface area (Å²) in [6.45, 7) is 7.05. The molecule has 0 saturated heterocycles. The van der Waals surface area contributed by atoms with E-state index in [4.69, 9.17) is 5.73 Å². The van der Waals surface area contributed by atoms with Gasteiger partial charge < -0.3 is 5.73 Å². The van der Waals surface area contributed by atoms with Gasteiger partial charge in [0.2, 0.25) is 0 Å². The van der Waals surface area contributed by atoms with Crippen LogP contribution in [0.4, 0.5) is 0 Å². The third-order valence-electron chi connectivity index (χ3n) is 2.76. The van der Waals surface area contributed by atoms with Crippen LogP contribution in [0.2, 0.25) is 0 Å². The number of rotatable bonds is 3. The highest BCUT2D eigenvalue weighted by Crippen LogP contribution is 2.24. The molecule has 2 nitrogen and oxygen atoms in total. The Hall–Kier alpha value is -0.890. The van der Waals surface area contributed by atoms with Gasteiger partial charge in [-0.3, -0.25) is 4.98 Å². The summed E-state index contributed by atoms with van der Waals surface area (Å²) in [7, 11) is 0. The number of nitrogens with zero attached hydrogens (tertiary/aromatic N) is 1. The smallest absolute Gasteiger partial charge is 0.0477 e. The topological polar surface area (TPSA) is 38.9 Å². The molecule has 0 radical (unpaired) electrons. The SMILES string of the molecule is CCC(C)(CN)c1cc(C)ccn1. The third-order valence-corrected chi connectivity index (χ3v) is 2.76. The van der Waals surface area contributed by atoms with Crippen LogP contribution in [0.1, 0.15) is 31.5 Å². The second-order valence-electron chi connectivity index (χ2n) is 3.84. The average molecular weight is 178 g/mol. The summed E-state index contributed by atoms with van der Waals surface area (Å²) in [4.78, 5) is 4.37. The molecule has 1 unspecified atom stereocenters. The Bertz CT molecular complexity index is 277. The highest BCUT2D eigenvalue weighted by Gasteiger charge is 2.23. The highest BCUT2D eigenvalue weighted by atomic mass is 14.7. The molecule has 0 aliphatic heterocycles. The number of hydrogen-bond donors (Lipinski definition) is 1. The summed E-state index contributed by atoms with van der Waals surface area (Å²) in [6.07, 6.45) is 2.88. The normalized spacial score (nSPS) is 15.4. The third kappa shape index (κ3) is 2.07. The van der Waals surface area contributed by atoms with Gasteiger partial charge in [-0.2, -0.15) is 0 Å². The molecule has 0 aromatic carbocycles. The van der Waals surface area contributed by atoms with Gasteiger partial charge in [0.25, 0.3) is 0 Å². The molecule has 1 aromatic rings. The van der Waals surface area contributed by atoms with E-state index in [1.165, 1.54) is 5.56 Å². The van der Waals surface area contributed by atoms with Crippen LogP contribution in [0, 0.1) is 6.92 Å². The van der Waals surface area contributed by atoms with Crippen LogP contribution >= 0.6 is 0 Å². The van der Waals surface area contributed by atoms with Crippen LogP contribution in [0.25, 0.3) is 0 Å². The van der Waals surface area contributed by atoms with Gasteiger partial charge in [-0.25, -0.2) is 0 Å². The van der Waals surface area contributed by atoms with E-state index in [-0.39, 0.29) is 5.41 Å². The lowest BCUT2D eigenvalue weighted by molar-refractivity contribution is 0.453. The van der Waals surface area contributed by atoms with Gasteiger partial charge in [-0.15, -0.1) is 0 Å². The van der Waals surface area contributed by atoms with Crippen molar-refractivity contribution < 1.29 is 0 Å². The van der Waals surface area contributed by atoms with Crippen LogP contribution < -0.4 is 5.73 Å². The largest absolute Gasteiger partial charge is 0.330 e. The van der Waals surface area contributed by atoms with E-state index in [2.05, 4.69) is 31.8 Å². The predicted molar refractivity (Wildman–Crippen MR) is 55.7 cm³/mol. The summed E-state index contributed by atoms with van der Waals surface area (Å²) in [6, 6.07) is 4.13. The first-order valence-corrected chi connectivity index (χ1v) is 4.75. The van der Waals surface area contributed by atoms with Crippen molar-refractivity contribution in [1.82, 2.24) is 4.98 Å². The average Bonchev–Trinajstić information content (AvgIpc) is 2.17. The van der Waals surface area contributed by atoms with E-state index in [1.54, 1.807) is 0 Å². The summed E-state index contributed by atoms with van der Waals surface area (Å²) < 4.78 is 0. The van der Waals surface area contributed by atoms with Crippen molar-refractivity contribution in [1.29, 1.82) is 0 Å². The van der Waals surface area contributed by atoms with Crippen molar-refractivity contribution in [3.63, 3.8) is 0 Å². The maximum absolute atomic E-state index is 5.76. The first kappa shape index (κ1) is 10.2. The zero-order valence-electron chi connectivity index (χ0n) is 8.67. The Kier molecular flexibility index (Phi) is 3.04. The molecule has 2 N–H and O–H groups in total. The van der Waals surface area contributed by atoms with Gasteiger partial charge in [0.15, 0.2) is 0 Å². The lowest BCUT2D eigenvalue weighted by atomic mass is 9.83. The summed E-state index contributed by atoms with van der Waals surface area (Å²) in [5.74, 6) is 0. The van der Waals surface area contributed by atoms with Crippen LogP contribution in [0.5, 0.6) is 0 Å². The van der Waals surface area contributed by atoms with Crippen molar-refractivity contribution in [2.24, 2.45) is 5.73 Å². The molecule has 0 bridgehead atoms. The van der Waals surface area contributed by atoms with Gasteiger partial charge in [0, 0.05) is 23.9 Å². The number of nitrogens with two attached hydrogens (primary N) is 1. The Morgan fingerprint density at radius 3 is 2.69 bits per heavy atom. The fourth-order valence-corrected chi connectivity index (χ4v) is 1.30. The predicted octanol–water partition coefficient (Wildman–Crippen LogP) is 2.02. The first-order chi connectivity index (χ1) is 6.12. The van der Waals surface area contributed by atoms with Crippen LogP contribution in [0.3, 0.4) is 0 Å². The van der Waals surface area contributed by atoms with Gasteiger partial charge in [-0.1, -0.05) is 13.8 Å². The zero-order chi connectivity index (χ0) is 9.90. The molecular weight excluding hydrogens is 160 g/mol. The fourth-order valence-electron chi connectivity index (χ4n) is 1.30. The lowest BCUT2D eigenvalue weighted by Crippen LogP contribution is -2.32. The minimum Gasteiger partial charge on any atom is -0.330 e. The molecule has 0 aliphatic carbocycles. The van der Waals surface area contributed by atoms with Crippen molar-refractivity contribution >= 4 is 0 Å². The molecule has 0 amide bonds. The maximum Gasteiger partial charge on any atom is 0.0477 e. The zero-order valence-corrected chi connectivity index (χ0v) is 8.67. The number of aromatic nitrogens is 1. The fraction of sp³-hybridized carbons (Fsp3) is 0.545. The molecule has 1 aromatic heterocycles. The van der Waals surface area contributed by atoms with E-state index < -0.39 is 0 Å². The lowest BCUT2D eigenvalue weighted by Gasteiger charge is -2.25. The Morgan fingerprint density at radius 2 is 2.23 bits per heavy atom. The standard InChI is InChI=1S/C11H18N2/c1-4-11(3,8-12)10-7-9(2)5-6-13-10/h5-7H,4,8,12H2,1-3H3. The van der Waals surface area contributed by atoms with E-state index >= 15 is 0 Å². The van der Waals surface area contributed by atoms with Crippen LogP contribution in [0.15, 0.2) is 18.3 Å². The van der Waals surface area contributed by atoms with E-state index in [0.717, 1.165) is 12.1 Å². The van der Waals surface area contributed by atoms with E-state index in [9.17, 15) is 0 Å². The maximum atomic E-state index is 5.76. The monoisotopic (exact) mass is 178 g/mol. The second-order valence-corrected chi connectivity index (χ2v) is 3.84. The minimum absolute atomic E-state index is 0.0337. The highest BCUT2D eigenvalue weighted by molar-refractivity contribution is 5.21. The second kappa shape index (κ2) is 3.88. The van der Waals surface area contributed by atoms with Crippen molar-refractivity contribution in [3.8, 4) is 0 Å². The van der Waals surface area contributed by atoms with Gasteiger partial charge in [0.1, 0.15) is 0 Å². The van der Waals surface area contributed by atoms with E-state index in [1.807, 2.05) is 12.3 Å². The van der Waals surface area contributed by atoms with Crippen molar-refractivity contribution in [3.05, 3.63) is 29.6 Å². The van der Waals surface area contributed by atoms with Gasteiger partial charge in [-0.05, 0) is 31.0 Å². The molecule has 1 atom stereocenters. The molecule has 72 valence electrons. The van der Waals surface area contributed by atoms with Crippen LogP contribution in [-0.2, 0) is 5.41 Å². The molecule has 2 heteroatoms. The molecule has 13 heavy (non-hydrogen) atoms. The molecule has 1 rings (SSSR count). The number of hydrogen-bond acceptors (Lipinski definition) is 2. The van der Waals surface area contributed by atoms with E-state index in [0.29, 0.717) is 6.54 Å². The minimum atomic E-state index is 0.0337. The Balaban J connectivity index is 3.05. The summed E-state index contributed by atoms with van der Waals surface area (Å²) in [5, 5.41) is 0. The number of aryl methyl sites for hydroxylation is 1. The quantitative estimate of drug-likeness (QED) is 0.769. The van der Waals surface area contributed by atoms with Gasteiger partial charge >= 0.3 is 0 Å². The van der Waals surface area contributed by atoms with Gasteiger partial charge in [0.05, 0.1) is 0 Å². The van der Waals surface area contributed by atoms with Crippen molar-refractivity contribution in [2.45, 2.75) is 32.6 Å². The summed E-state index contributed by atoms with van der Waals surface area (Å²) in [5.41, 5.74) is 8.15. The Labute approximate surface area is 80.2 Å². The molecular formula is C11H18N2. The molecule has 1 heterocycles. The molecule has 0 aliphatic rings. The van der Waals surface area contributed by atoms with Crippen LogP contribution in [-0.4, -0.2) is 11.5 Å². The first-order valence-electron chi connectivity index (χ1n) is 4.75. The Morgan fingerprint density at radius 1 is 1.54 bits per heavy atom. The summed E-state index contributed by atoms with van der Waals surface area (Å²) >= 11 is 0. The molecule has 0 fully saturated rings. The molecule has 0 saturated carbocycles.